The summed E-state index contributed by atoms with van der Waals surface area (Å²) in [6.45, 7) is 2.45. The number of hydrogen-bond donors (Lipinski definition) is 1. The van der Waals surface area contributed by atoms with E-state index < -0.39 is 27.2 Å². The van der Waals surface area contributed by atoms with Crippen molar-refractivity contribution in [1.82, 2.24) is 0 Å². The van der Waals surface area contributed by atoms with Gasteiger partial charge in [0.25, 0.3) is 0 Å². The molecule has 0 aliphatic rings. The molecule has 0 saturated carbocycles. The number of aryl methyl sites for hydroxylation is 1. The van der Waals surface area contributed by atoms with Gasteiger partial charge in [-0.15, -0.1) is 0 Å². The Morgan fingerprint density at radius 1 is 1.00 bits per heavy atom. The van der Waals surface area contributed by atoms with Crippen LogP contribution in [0.5, 0.6) is 0 Å². The number of benzene rings is 2. The van der Waals surface area contributed by atoms with E-state index in [9.17, 15) is 26.7 Å². The molecule has 0 heterocycles. The van der Waals surface area contributed by atoms with Crippen molar-refractivity contribution in [2.75, 3.05) is 0 Å². The van der Waals surface area contributed by atoms with Crippen molar-refractivity contribution in [3.63, 3.8) is 0 Å². The van der Waals surface area contributed by atoms with Gasteiger partial charge < -0.3 is 5.11 Å². The highest BCUT2D eigenvalue weighted by Gasteiger charge is 2.51. The lowest BCUT2D eigenvalue weighted by atomic mass is 9.96. The van der Waals surface area contributed by atoms with Crippen molar-refractivity contribution < 1.29 is 26.7 Å². The van der Waals surface area contributed by atoms with Crippen molar-refractivity contribution in [3.8, 4) is 0 Å². The minimum absolute atomic E-state index is 0.120. The molecule has 2 aromatic rings. The van der Waals surface area contributed by atoms with Crippen molar-refractivity contribution in [2.24, 2.45) is 0 Å². The molecule has 1 N–H and O–H groups in total. The average Bonchev–Trinajstić information content (AvgIpc) is 2.53. The maximum atomic E-state index is 12.8. The molecule has 24 heavy (non-hydrogen) atoms. The molecule has 2 aromatic carbocycles. The number of rotatable bonds is 4. The number of sulfone groups is 1. The van der Waals surface area contributed by atoms with E-state index in [0.29, 0.717) is 18.9 Å². The maximum Gasteiger partial charge on any atom is 0.421 e. The molecule has 0 fully saturated rings. The Balaban J connectivity index is 2.48. The zero-order valence-electron chi connectivity index (χ0n) is 13.1. The smallest absolute Gasteiger partial charge is 0.376 e. The van der Waals surface area contributed by atoms with Gasteiger partial charge in [-0.1, -0.05) is 37.3 Å². The molecule has 0 aliphatic carbocycles. The molecular weight excluding hydrogens is 341 g/mol. The van der Waals surface area contributed by atoms with E-state index in [4.69, 9.17) is 0 Å². The molecule has 0 spiro atoms. The zero-order chi connectivity index (χ0) is 18.2. The third-order valence-electron chi connectivity index (χ3n) is 3.92. The normalized spacial score (nSPS) is 15.1. The van der Waals surface area contributed by atoms with Crippen molar-refractivity contribution >= 4 is 9.84 Å². The second kappa shape index (κ2) is 6.22. The van der Waals surface area contributed by atoms with Crippen LogP contribution in [0, 0.1) is 0 Å². The van der Waals surface area contributed by atoms with Gasteiger partial charge in [-0.25, -0.2) is 8.42 Å². The summed E-state index contributed by atoms with van der Waals surface area (Å²) >= 11 is 0. The van der Waals surface area contributed by atoms with E-state index in [0.717, 1.165) is 24.3 Å². The summed E-state index contributed by atoms with van der Waals surface area (Å²) in [4.78, 5) is 0.00737. The van der Waals surface area contributed by atoms with Gasteiger partial charge in [0.15, 0.2) is 5.60 Å². The third kappa shape index (κ3) is 3.18. The monoisotopic (exact) mass is 358 g/mol. The van der Waals surface area contributed by atoms with E-state index in [2.05, 4.69) is 0 Å². The molecule has 130 valence electrons. The van der Waals surface area contributed by atoms with E-state index in [1.54, 1.807) is 18.2 Å². The van der Waals surface area contributed by atoms with Gasteiger partial charge in [-0.05, 0) is 42.7 Å². The number of hydrogen-bond acceptors (Lipinski definition) is 3. The van der Waals surface area contributed by atoms with Gasteiger partial charge in [0.05, 0.1) is 9.79 Å². The first kappa shape index (κ1) is 18.5. The molecule has 0 bridgehead atoms. The number of halogens is 3. The zero-order valence-corrected chi connectivity index (χ0v) is 13.9. The highest BCUT2D eigenvalue weighted by molar-refractivity contribution is 7.91. The number of alkyl halides is 3. The minimum Gasteiger partial charge on any atom is -0.376 e. The molecule has 0 aliphatic heterocycles. The first-order chi connectivity index (χ1) is 11.0. The highest BCUT2D eigenvalue weighted by Crippen LogP contribution is 2.38. The molecule has 2 rings (SSSR count). The van der Waals surface area contributed by atoms with E-state index in [-0.39, 0.29) is 9.79 Å². The van der Waals surface area contributed by atoms with Crippen LogP contribution in [0.2, 0.25) is 0 Å². The van der Waals surface area contributed by atoms with Gasteiger partial charge in [0.2, 0.25) is 9.84 Å². The van der Waals surface area contributed by atoms with E-state index in [1.807, 2.05) is 6.92 Å². The quantitative estimate of drug-likeness (QED) is 0.903. The Labute approximate surface area is 138 Å². The molecule has 3 nitrogen and oxygen atoms in total. The SMILES string of the molecule is CCc1ccccc1S(=O)(=O)c1ccc([C@@](C)(O)C(F)(F)F)cc1. The van der Waals surface area contributed by atoms with Crippen LogP contribution in [-0.4, -0.2) is 19.7 Å². The Morgan fingerprint density at radius 3 is 2.04 bits per heavy atom. The summed E-state index contributed by atoms with van der Waals surface area (Å²) in [7, 11) is -3.84. The lowest BCUT2D eigenvalue weighted by Crippen LogP contribution is -2.39. The molecule has 1 atom stereocenters. The Hall–Kier alpha value is -1.86. The van der Waals surface area contributed by atoms with Crippen LogP contribution < -0.4 is 0 Å². The highest BCUT2D eigenvalue weighted by atomic mass is 32.2. The van der Waals surface area contributed by atoms with Gasteiger partial charge in [0.1, 0.15) is 0 Å². The second-order valence-corrected chi connectivity index (χ2v) is 7.48. The topological polar surface area (TPSA) is 54.4 Å². The summed E-state index contributed by atoms with van der Waals surface area (Å²) in [6.07, 6.45) is -4.35. The van der Waals surface area contributed by atoms with Gasteiger partial charge in [-0.3, -0.25) is 0 Å². The van der Waals surface area contributed by atoms with Crippen LogP contribution in [0.15, 0.2) is 58.3 Å². The van der Waals surface area contributed by atoms with Crippen molar-refractivity contribution in [1.29, 1.82) is 0 Å². The Kier molecular flexibility index (Phi) is 4.79. The molecule has 0 amide bonds. The maximum absolute atomic E-state index is 12.8. The minimum atomic E-state index is -4.86. The van der Waals surface area contributed by atoms with Crippen LogP contribution in [0.25, 0.3) is 0 Å². The fraction of sp³-hybridized carbons (Fsp3) is 0.294. The van der Waals surface area contributed by atoms with Crippen LogP contribution in [-0.2, 0) is 21.9 Å². The lowest BCUT2D eigenvalue weighted by molar-refractivity contribution is -0.258. The molecule has 0 saturated heterocycles. The second-order valence-electron chi connectivity index (χ2n) is 5.56. The molecule has 7 heteroatoms. The molecule has 0 radical (unpaired) electrons. The lowest BCUT2D eigenvalue weighted by Gasteiger charge is -2.26. The summed E-state index contributed by atoms with van der Waals surface area (Å²) in [5.74, 6) is 0. The van der Waals surface area contributed by atoms with Gasteiger partial charge >= 0.3 is 6.18 Å². The molecule has 0 unspecified atom stereocenters. The Bertz CT molecular complexity index is 823. The predicted octanol–water partition coefficient (Wildman–Crippen LogP) is 3.85. The summed E-state index contributed by atoms with van der Waals surface area (Å²) in [5, 5.41) is 9.64. The van der Waals surface area contributed by atoms with Crippen LogP contribution in [0.3, 0.4) is 0 Å². The Morgan fingerprint density at radius 2 is 1.54 bits per heavy atom. The summed E-state index contributed by atoms with van der Waals surface area (Å²) in [5.41, 5.74) is -2.84. The van der Waals surface area contributed by atoms with Crippen molar-refractivity contribution in [2.45, 2.75) is 41.8 Å². The van der Waals surface area contributed by atoms with E-state index >= 15 is 0 Å². The van der Waals surface area contributed by atoms with Gasteiger partial charge in [-0.2, -0.15) is 13.2 Å². The standard InChI is InChI=1S/C17H17F3O3S/c1-3-12-6-4-5-7-15(12)24(22,23)14-10-8-13(9-11-14)16(2,21)17(18,19)20/h4-11,21H,3H2,1-2H3/t16-/m1/s1. The first-order valence-corrected chi connectivity index (χ1v) is 8.72. The van der Waals surface area contributed by atoms with E-state index in [1.165, 1.54) is 6.07 Å². The predicted molar refractivity (Wildman–Crippen MR) is 83.3 cm³/mol. The van der Waals surface area contributed by atoms with Crippen LogP contribution >= 0.6 is 0 Å². The summed E-state index contributed by atoms with van der Waals surface area (Å²) in [6, 6.07) is 10.6. The molecule has 0 aromatic heterocycles. The largest absolute Gasteiger partial charge is 0.421 e. The van der Waals surface area contributed by atoms with Crippen LogP contribution in [0.1, 0.15) is 25.0 Å². The van der Waals surface area contributed by atoms with Crippen LogP contribution in [0.4, 0.5) is 13.2 Å². The van der Waals surface area contributed by atoms with Crippen molar-refractivity contribution in [3.05, 3.63) is 59.7 Å². The molecular formula is C17H17F3O3S. The third-order valence-corrected chi connectivity index (χ3v) is 5.79. The van der Waals surface area contributed by atoms with Gasteiger partial charge in [0, 0.05) is 0 Å². The first-order valence-electron chi connectivity index (χ1n) is 7.24. The average molecular weight is 358 g/mol. The summed E-state index contributed by atoms with van der Waals surface area (Å²) < 4.78 is 63.9. The fourth-order valence-corrected chi connectivity index (χ4v) is 3.87. The number of aliphatic hydroxyl groups is 1. The fourth-order valence-electron chi connectivity index (χ4n) is 2.31.